The fourth-order valence-corrected chi connectivity index (χ4v) is 4.04. The molecule has 134 valence electrons. The minimum absolute atomic E-state index is 0.346. The van der Waals surface area contributed by atoms with Crippen LogP contribution in [0.2, 0.25) is 0 Å². The van der Waals surface area contributed by atoms with E-state index in [0.717, 1.165) is 13.1 Å². The van der Waals surface area contributed by atoms with Crippen molar-refractivity contribution in [2.75, 3.05) is 13.1 Å². The Balaban J connectivity index is 1.91. The second kappa shape index (κ2) is 9.17. The largest absolute Gasteiger partial charge is 0.311 e. The standard InChI is InChI=1S/C23H32N2/c1-3-4-7-16-22-17-24-19(2)18-25(22)23(20-12-8-5-9-13-20)21-14-10-6-11-15-21/h5-6,8-15,19,22-24H,3-4,7,16-18H2,1-2H3/t19-,22-/m1/s1. The highest BCUT2D eigenvalue weighted by Crippen LogP contribution is 2.32. The van der Waals surface area contributed by atoms with Crippen LogP contribution in [0, 0.1) is 0 Å². The average Bonchev–Trinajstić information content (AvgIpc) is 2.66. The van der Waals surface area contributed by atoms with Gasteiger partial charge in [0, 0.05) is 25.2 Å². The molecule has 2 aromatic carbocycles. The molecule has 0 saturated carbocycles. The molecule has 0 bridgehead atoms. The van der Waals surface area contributed by atoms with Gasteiger partial charge in [-0.05, 0) is 24.5 Å². The number of nitrogens with one attached hydrogen (secondary N) is 1. The van der Waals surface area contributed by atoms with Crippen LogP contribution in [-0.2, 0) is 0 Å². The predicted molar refractivity (Wildman–Crippen MR) is 107 cm³/mol. The molecule has 1 fully saturated rings. The fourth-order valence-electron chi connectivity index (χ4n) is 4.04. The van der Waals surface area contributed by atoms with Gasteiger partial charge in [0.2, 0.25) is 0 Å². The Hall–Kier alpha value is -1.64. The first-order valence-electron chi connectivity index (χ1n) is 9.88. The van der Waals surface area contributed by atoms with Crippen molar-refractivity contribution in [3.63, 3.8) is 0 Å². The molecule has 25 heavy (non-hydrogen) atoms. The third-order valence-electron chi connectivity index (χ3n) is 5.36. The second-order valence-corrected chi connectivity index (χ2v) is 7.38. The number of hydrogen-bond acceptors (Lipinski definition) is 2. The molecule has 1 aliphatic rings. The van der Waals surface area contributed by atoms with Gasteiger partial charge in [0.1, 0.15) is 0 Å². The van der Waals surface area contributed by atoms with Gasteiger partial charge in [-0.3, -0.25) is 4.90 Å². The van der Waals surface area contributed by atoms with Crippen molar-refractivity contribution in [2.24, 2.45) is 0 Å². The number of piperazine rings is 1. The van der Waals surface area contributed by atoms with Gasteiger partial charge in [0.15, 0.2) is 0 Å². The van der Waals surface area contributed by atoms with Crippen LogP contribution in [0.3, 0.4) is 0 Å². The van der Waals surface area contributed by atoms with E-state index in [1.165, 1.54) is 36.8 Å². The first-order chi connectivity index (χ1) is 12.3. The summed E-state index contributed by atoms with van der Waals surface area (Å²) in [5.74, 6) is 0. The van der Waals surface area contributed by atoms with E-state index < -0.39 is 0 Å². The molecular formula is C23H32N2. The molecule has 3 rings (SSSR count). The van der Waals surface area contributed by atoms with Crippen LogP contribution in [0.15, 0.2) is 60.7 Å². The van der Waals surface area contributed by atoms with E-state index in [0.29, 0.717) is 18.1 Å². The summed E-state index contributed by atoms with van der Waals surface area (Å²) in [5, 5.41) is 3.71. The molecule has 1 saturated heterocycles. The zero-order valence-corrected chi connectivity index (χ0v) is 15.7. The normalized spacial score (nSPS) is 21.6. The van der Waals surface area contributed by atoms with Gasteiger partial charge in [-0.25, -0.2) is 0 Å². The lowest BCUT2D eigenvalue weighted by atomic mass is 9.92. The third-order valence-corrected chi connectivity index (χ3v) is 5.36. The van der Waals surface area contributed by atoms with Crippen molar-refractivity contribution in [3.05, 3.63) is 71.8 Å². The Morgan fingerprint density at radius 2 is 1.56 bits per heavy atom. The summed E-state index contributed by atoms with van der Waals surface area (Å²) in [6.07, 6.45) is 5.23. The quantitative estimate of drug-likeness (QED) is 0.714. The van der Waals surface area contributed by atoms with E-state index in [4.69, 9.17) is 0 Å². The second-order valence-electron chi connectivity index (χ2n) is 7.38. The topological polar surface area (TPSA) is 15.3 Å². The molecule has 0 unspecified atom stereocenters. The Kier molecular flexibility index (Phi) is 6.66. The Morgan fingerprint density at radius 1 is 0.960 bits per heavy atom. The average molecular weight is 337 g/mol. The summed E-state index contributed by atoms with van der Waals surface area (Å²) in [5.41, 5.74) is 2.81. The van der Waals surface area contributed by atoms with Crippen molar-refractivity contribution < 1.29 is 0 Å². The van der Waals surface area contributed by atoms with Gasteiger partial charge in [0.25, 0.3) is 0 Å². The van der Waals surface area contributed by atoms with E-state index >= 15 is 0 Å². The molecule has 2 aromatic rings. The minimum Gasteiger partial charge on any atom is -0.311 e. The lowest BCUT2D eigenvalue weighted by Crippen LogP contribution is -2.56. The predicted octanol–water partition coefficient (Wildman–Crippen LogP) is 5.02. The van der Waals surface area contributed by atoms with E-state index in [9.17, 15) is 0 Å². The highest BCUT2D eigenvalue weighted by Gasteiger charge is 2.32. The SMILES string of the molecule is CCCCC[C@@H]1CN[C@H](C)CN1C(c1ccccc1)c1ccccc1. The van der Waals surface area contributed by atoms with Gasteiger partial charge in [-0.1, -0.05) is 86.8 Å². The number of hydrogen-bond donors (Lipinski definition) is 1. The molecule has 0 radical (unpaired) electrons. The third kappa shape index (κ3) is 4.71. The summed E-state index contributed by atoms with van der Waals surface area (Å²) < 4.78 is 0. The van der Waals surface area contributed by atoms with Crippen LogP contribution in [-0.4, -0.2) is 30.1 Å². The maximum atomic E-state index is 3.71. The molecule has 2 nitrogen and oxygen atoms in total. The van der Waals surface area contributed by atoms with Gasteiger partial charge < -0.3 is 5.32 Å². The number of rotatable bonds is 7. The van der Waals surface area contributed by atoms with Crippen LogP contribution in [0.25, 0.3) is 0 Å². The zero-order chi connectivity index (χ0) is 17.5. The van der Waals surface area contributed by atoms with Crippen molar-refractivity contribution in [1.82, 2.24) is 10.2 Å². The number of benzene rings is 2. The molecular weight excluding hydrogens is 304 g/mol. The first-order valence-corrected chi connectivity index (χ1v) is 9.88. The highest BCUT2D eigenvalue weighted by molar-refractivity contribution is 5.32. The molecule has 0 amide bonds. The van der Waals surface area contributed by atoms with Gasteiger partial charge in [-0.2, -0.15) is 0 Å². The molecule has 2 atom stereocenters. The van der Waals surface area contributed by atoms with E-state index in [1.54, 1.807) is 0 Å². The lowest BCUT2D eigenvalue weighted by molar-refractivity contribution is 0.0947. The number of unbranched alkanes of at least 4 members (excludes halogenated alkanes) is 2. The van der Waals surface area contributed by atoms with Crippen LogP contribution < -0.4 is 5.32 Å². The summed E-state index contributed by atoms with van der Waals surface area (Å²) in [6, 6.07) is 23.5. The highest BCUT2D eigenvalue weighted by atomic mass is 15.3. The first kappa shape index (κ1) is 18.2. The van der Waals surface area contributed by atoms with Crippen LogP contribution in [0.5, 0.6) is 0 Å². The molecule has 1 N–H and O–H groups in total. The molecule has 1 aliphatic heterocycles. The Bertz CT molecular complexity index is 571. The molecule has 0 aliphatic carbocycles. The van der Waals surface area contributed by atoms with Crippen molar-refractivity contribution >= 4 is 0 Å². The summed E-state index contributed by atoms with van der Waals surface area (Å²) in [4.78, 5) is 2.75. The summed E-state index contributed by atoms with van der Waals surface area (Å²) in [7, 11) is 0. The Labute approximate surface area is 153 Å². The summed E-state index contributed by atoms with van der Waals surface area (Å²) in [6.45, 7) is 6.80. The van der Waals surface area contributed by atoms with Crippen LogP contribution >= 0.6 is 0 Å². The summed E-state index contributed by atoms with van der Waals surface area (Å²) >= 11 is 0. The smallest absolute Gasteiger partial charge is 0.0605 e. The van der Waals surface area contributed by atoms with Crippen molar-refractivity contribution in [3.8, 4) is 0 Å². The van der Waals surface area contributed by atoms with Gasteiger partial charge >= 0.3 is 0 Å². The number of nitrogens with zero attached hydrogens (tertiary/aromatic N) is 1. The fraction of sp³-hybridized carbons (Fsp3) is 0.478. The minimum atomic E-state index is 0.346. The van der Waals surface area contributed by atoms with E-state index in [-0.39, 0.29) is 0 Å². The zero-order valence-electron chi connectivity index (χ0n) is 15.7. The van der Waals surface area contributed by atoms with Crippen molar-refractivity contribution in [1.29, 1.82) is 0 Å². The maximum absolute atomic E-state index is 3.71. The molecule has 0 aromatic heterocycles. The van der Waals surface area contributed by atoms with E-state index in [1.807, 2.05) is 0 Å². The monoisotopic (exact) mass is 336 g/mol. The molecule has 1 heterocycles. The van der Waals surface area contributed by atoms with E-state index in [2.05, 4.69) is 84.7 Å². The molecule has 0 spiro atoms. The lowest BCUT2D eigenvalue weighted by Gasteiger charge is -2.44. The van der Waals surface area contributed by atoms with Crippen LogP contribution in [0.4, 0.5) is 0 Å². The molecule has 2 heteroatoms. The van der Waals surface area contributed by atoms with Gasteiger partial charge in [0.05, 0.1) is 6.04 Å². The van der Waals surface area contributed by atoms with Crippen LogP contribution in [0.1, 0.15) is 56.7 Å². The van der Waals surface area contributed by atoms with Crippen molar-refractivity contribution in [2.45, 2.75) is 57.7 Å². The Morgan fingerprint density at radius 3 is 2.12 bits per heavy atom. The maximum Gasteiger partial charge on any atom is 0.0605 e. The van der Waals surface area contributed by atoms with Gasteiger partial charge in [-0.15, -0.1) is 0 Å².